The van der Waals surface area contributed by atoms with Gasteiger partial charge in [0.15, 0.2) is 29.3 Å². The van der Waals surface area contributed by atoms with Crippen LogP contribution in [0.3, 0.4) is 0 Å². The summed E-state index contributed by atoms with van der Waals surface area (Å²) in [7, 11) is 2.61. The maximum absolute atomic E-state index is 13.7. The number of aliphatic hydroxyl groups excluding tert-OH is 5. The van der Waals surface area contributed by atoms with Gasteiger partial charge in [-0.3, -0.25) is 4.79 Å². The lowest BCUT2D eigenvalue weighted by Crippen LogP contribution is -2.60. The first kappa shape index (κ1) is 31.3. The van der Waals surface area contributed by atoms with E-state index in [1.807, 2.05) is 0 Å². The van der Waals surface area contributed by atoms with E-state index >= 15 is 0 Å². The van der Waals surface area contributed by atoms with Crippen LogP contribution in [0.15, 0.2) is 39.7 Å². The van der Waals surface area contributed by atoms with Gasteiger partial charge >= 0.3 is 0 Å². The van der Waals surface area contributed by atoms with Crippen LogP contribution in [0, 0.1) is 0 Å². The van der Waals surface area contributed by atoms with Crippen molar-refractivity contribution in [2.75, 3.05) is 40.8 Å². The van der Waals surface area contributed by atoms with Crippen LogP contribution >= 0.6 is 0 Å². The lowest BCUT2D eigenvalue weighted by Gasteiger charge is -2.40. The standard InChI is InChI=1S/C29H32O16/c1-37-24-17(44-27-23(34)22(33)21(32)18(45-27)8-40-28-26(35)29(36,9-30)10-41-28)6-16-19(25(24)38-2)20(31)13(7-39-16)12-3-4-14-15(5-12)43-11-42-14/h3-7,18,21-23,26-28,30,32-36H,8-11H2,1-2H3/t18-,21+,22+,23-,26-,27-,28+,29-/m0/s1. The van der Waals surface area contributed by atoms with Crippen LogP contribution in [0.5, 0.6) is 28.7 Å². The summed E-state index contributed by atoms with van der Waals surface area (Å²) in [5.74, 6) is 0.810. The van der Waals surface area contributed by atoms with E-state index in [0.717, 1.165) is 0 Å². The summed E-state index contributed by atoms with van der Waals surface area (Å²) >= 11 is 0. The molecule has 6 N–H and O–H groups in total. The van der Waals surface area contributed by atoms with E-state index in [1.54, 1.807) is 18.2 Å². The van der Waals surface area contributed by atoms with Gasteiger partial charge in [0.25, 0.3) is 0 Å². The van der Waals surface area contributed by atoms with Crippen LogP contribution in [0.1, 0.15) is 0 Å². The van der Waals surface area contributed by atoms with E-state index in [0.29, 0.717) is 17.1 Å². The Labute approximate surface area is 254 Å². The van der Waals surface area contributed by atoms with Gasteiger partial charge in [-0.05, 0) is 17.7 Å². The molecule has 0 unspecified atom stereocenters. The van der Waals surface area contributed by atoms with E-state index in [4.69, 9.17) is 42.3 Å². The quantitative estimate of drug-likeness (QED) is 0.163. The van der Waals surface area contributed by atoms with Gasteiger partial charge in [-0.15, -0.1) is 0 Å². The van der Waals surface area contributed by atoms with Crippen LogP contribution in [-0.2, 0) is 14.2 Å². The van der Waals surface area contributed by atoms with Crippen molar-refractivity contribution in [3.05, 3.63) is 40.8 Å². The second-order valence-corrected chi connectivity index (χ2v) is 10.7. The van der Waals surface area contributed by atoms with Crippen molar-refractivity contribution >= 4 is 11.0 Å². The largest absolute Gasteiger partial charge is 0.492 e. The van der Waals surface area contributed by atoms with Crippen LogP contribution in [0.4, 0.5) is 0 Å². The molecule has 2 aromatic carbocycles. The number of hydrogen-bond donors (Lipinski definition) is 6. The molecule has 6 rings (SSSR count). The zero-order valence-electron chi connectivity index (χ0n) is 24.0. The zero-order valence-corrected chi connectivity index (χ0v) is 24.0. The highest BCUT2D eigenvalue weighted by Crippen LogP contribution is 2.44. The first-order valence-corrected chi connectivity index (χ1v) is 13.8. The van der Waals surface area contributed by atoms with E-state index in [9.17, 15) is 35.4 Å². The molecule has 0 radical (unpaired) electrons. The van der Waals surface area contributed by atoms with Crippen LogP contribution in [0.25, 0.3) is 22.1 Å². The predicted molar refractivity (Wildman–Crippen MR) is 148 cm³/mol. The molecular weight excluding hydrogens is 604 g/mol. The number of ether oxygens (including phenoxy) is 8. The summed E-state index contributed by atoms with van der Waals surface area (Å²) in [5.41, 5.74) is -1.65. The Kier molecular flexibility index (Phi) is 8.51. The number of rotatable bonds is 9. The topological polar surface area (TPSA) is 225 Å². The van der Waals surface area contributed by atoms with Crippen molar-refractivity contribution in [3.8, 4) is 39.9 Å². The molecule has 0 bridgehead atoms. The van der Waals surface area contributed by atoms with E-state index in [1.165, 1.54) is 26.5 Å². The third-order valence-corrected chi connectivity index (χ3v) is 7.95. The summed E-state index contributed by atoms with van der Waals surface area (Å²) in [5, 5.41) is 61.5. The summed E-state index contributed by atoms with van der Waals surface area (Å²) in [6, 6.07) is 6.32. The van der Waals surface area contributed by atoms with Gasteiger partial charge in [0.2, 0.25) is 24.3 Å². The first-order valence-electron chi connectivity index (χ1n) is 13.8. The molecule has 3 aliphatic rings. The summed E-state index contributed by atoms with van der Waals surface area (Å²) in [6.07, 6.45) is -9.85. The van der Waals surface area contributed by atoms with Gasteiger partial charge in [-0.2, -0.15) is 0 Å². The highest BCUT2D eigenvalue weighted by atomic mass is 16.7. The molecule has 0 saturated carbocycles. The number of fused-ring (bicyclic) bond motifs is 2. The van der Waals surface area contributed by atoms with Gasteiger partial charge in [0, 0.05) is 6.07 Å². The van der Waals surface area contributed by atoms with Crippen LogP contribution in [0.2, 0.25) is 0 Å². The Balaban J connectivity index is 1.28. The molecule has 0 amide bonds. The van der Waals surface area contributed by atoms with Gasteiger partial charge in [0.1, 0.15) is 53.4 Å². The molecule has 0 aliphatic carbocycles. The molecule has 4 heterocycles. The average Bonchev–Trinajstić information content (AvgIpc) is 3.63. The van der Waals surface area contributed by atoms with Crippen molar-refractivity contribution in [3.63, 3.8) is 0 Å². The molecule has 16 heteroatoms. The molecular formula is C29H32O16. The molecule has 45 heavy (non-hydrogen) atoms. The summed E-state index contributed by atoms with van der Waals surface area (Å²) in [4.78, 5) is 13.7. The van der Waals surface area contributed by atoms with E-state index < -0.39 is 74.0 Å². The van der Waals surface area contributed by atoms with Crippen molar-refractivity contribution in [2.24, 2.45) is 0 Å². The third-order valence-electron chi connectivity index (χ3n) is 7.95. The van der Waals surface area contributed by atoms with Crippen molar-refractivity contribution < 1.29 is 73.0 Å². The third kappa shape index (κ3) is 5.43. The van der Waals surface area contributed by atoms with Crippen molar-refractivity contribution in [2.45, 2.75) is 48.7 Å². The lowest BCUT2D eigenvalue weighted by molar-refractivity contribution is -0.289. The molecule has 2 saturated heterocycles. The fourth-order valence-electron chi connectivity index (χ4n) is 5.35. The Morgan fingerprint density at radius 3 is 2.42 bits per heavy atom. The molecule has 16 nitrogen and oxygen atoms in total. The van der Waals surface area contributed by atoms with Crippen LogP contribution in [-0.4, -0.2) is 120 Å². The maximum Gasteiger partial charge on any atom is 0.231 e. The van der Waals surface area contributed by atoms with E-state index in [2.05, 4.69) is 0 Å². The average molecular weight is 637 g/mol. The number of hydrogen-bond acceptors (Lipinski definition) is 16. The fraction of sp³-hybridized carbons (Fsp3) is 0.483. The summed E-state index contributed by atoms with van der Waals surface area (Å²) < 4.78 is 49.9. The number of benzene rings is 2. The van der Waals surface area contributed by atoms with Gasteiger partial charge < -0.3 is 73.0 Å². The Hall–Kier alpha value is -3.71. The van der Waals surface area contributed by atoms with Gasteiger partial charge in [-0.25, -0.2) is 0 Å². The Morgan fingerprint density at radius 1 is 0.956 bits per heavy atom. The minimum Gasteiger partial charge on any atom is -0.492 e. The van der Waals surface area contributed by atoms with Crippen molar-refractivity contribution in [1.29, 1.82) is 0 Å². The first-order chi connectivity index (χ1) is 21.6. The molecule has 8 atom stereocenters. The van der Waals surface area contributed by atoms with Gasteiger partial charge in [-0.1, -0.05) is 6.07 Å². The maximum atomic E-state index is 13.7. The SMILES string of the molecule is COc1c(O[C@H]2O[C@@H](CO[C@@H]3OC[C@@](O)(CO)[C@H]3O)[C@@H](O)[C@@H](O)[C@@H]2O)cc2occ(-c3ccc4c(c3)OCO4)c(=O)c2c1OC. The molecule has 1 aromatic heterocycles. The number of methoxy groups -OCH3 is 2. The predicted octanol–water partition coefficient (Wildman–Crippen LogP) is -1.15. The highest BCUT2D eigenvalue weighted by Gasteiger charge is 2.50. The zero-order chi connectivity index (χ0) is 32.0. The molecule has 2 fully saturated rings. The second kappa shape index (κ2) is 12.2. The monoisotopic (exact) mass is 636 g/mol. The van der Waals surface area contributed by atoms with Crippen LogP contribution < -0.4 is 29.1 Å². The molecule has 0 spiro atoms. The Morgan fingerprint density at radius 2 is 1.71 bits per heavy atom. The molecule has 244 valence electrons. The normalized spacial score (nSPS) is 30.9. The second-order valence-electron chi connectivity index (χ2n) is 10.7. The summed E-state index contributed by atoms with van der Waals surface area (Å²) in [6.45, 7) is -1.61. The Bertz CT molecular complexity index is 1610. The van der Waals surface area contributed by atoms with Gasteiger partial charge in [0.05, 0.1) is 39.6 Å². The van der Waals surface area contributed by atoms with E-state index in [-0.39, 0.29) is 40.6 Å². The smallest absolute Gasteiger partial charge is 0.231 e. The fourth-order valence-corrected chi connectivity index (χ4v) is 5.35. The number of aliphatic hydroxyl groups is 6. The minimum absolute atomic E-state index is 0.0293. The molecule has 3 aliphatic heterocycles. The minimum atomic E-state index is -1.94. The molecule has 3 aromatic rings. The lowest BCUT2D eigenvalue weighted by atomic mass is 9.99. The van der Waals surface area contributed by atoms with Crippen molar-refractivity contribution in [1.82, 2.24) is 0 Å². The highest BCUT2D eigenvalue weighted by molar-refractivity contribution is 5.91.